The summed E-state index contributed by atoms with van der Waals surface area (Å²) < 4.78 is 0.925. The number of imide groups is 1. The highest BCUT2D eigenvalue weighted by Crippen LogP contribution is 2.23. The molecule has 31 heavy (non-hydrogen) atoms. The number of halogens is 1. The Morgan fingerprint density at radius 2 is 1.61 bits per heavy atom. The van der Waals surface area contributed by atoms with E-state index in [1.165, 1.54) is 16.8 Å². The number of carbonyl (C=O) groups excluding carboxylic acids is 4. The minimum Gasteiger partial charge on any atom is -0.357 e. The van der Waals surface area contributed by atoms with E-state index in [2.05, 4.69) is 21.2 Å². The zero-order chi connectivity index (χ0) is 22.5. The molecule has 1 N–H and O–H groups in total. The van der Waals surface area contributed by atoms with Gasteiger partial charge in [0.1, 0.15) is 6.04 Å². The molecule has 7 nitrogen and oxygen atoms in total. The highest BCUT2D eigenvalue weighted by molar-refractivity contribution is 9.10. The molecule has 8 heteroatoms. The summed E-state index contributed by atoms with van der Waals surface area (Å²) in [6.45, 7) is 2.12. The van der Waals surface area contributed by atoms with Crippen molar-refractivity contribution >= 4 is 39.6 Å². The molecule has 2 aromatic rings. The van der Waals surface area contributed by atoms with E-state index in [9.17, 15) is 19.2 Å². The van der Waals surface area contributed by atoms with Gasteiger partial charge in [-0.05, 0) is 43.2 Å². The standard InChI is InChI=1S/C23H24BrN3O4/c1-15(21(29)25-2)27(14-16-9-11-17(24)12-10-16)20(28)8-5-13-26-22(30)18-6-3-4-7-19(18)23(26)31/h3-4,6-7,9-12,15H,5,8,13-14H2,1-2H3,(H,25,29)/t15-/m0/s1. The number of nitrogens with zero attached hydrogens (tertiary/aromatic N) is 2. The minimum absolute atomic E-state index is 0.116. The molecule has 1 heterocycles. The first kappa shape index (κ1) is 22.7. The third-order valence-electron chi connectivity index (χ3n) is 5.33. The molecule has 4 amide bonds. The first-order chi connectivity index (χ1) is 14.8. The number of rotatable bonds is 8. The van der Waals surface area contributed by atoms with Gasteiger partial charge in [-0.1, -0.05) is 40.2 Å². The molecule has 3 rings (SSSR count). The van der Waals surface area contributed by atoms with Crippen LogP contribution in [0.4, 0.5) is 0 Å². The second-order valence-electron chi connectivity index (χ2n) is 7.35. The molecule has 1 aliphatic rings. The zero-order valence-electron chi connectivity index (χ0n) is 17.4. The fraction of sp³-hybridized carbons (Fsp3) is 0.304. The van der Waals surface area contributed by atoms with E-state index < -0.39 is 6.04 Å². The van der Waals surface area contributed by atoms with Crippen LogP contribution in [0.15, 0.2) is 53.0 Å². The van der Waals surface area contributed by atoms with Crippen LogP contribution in [0.5, 0.6) is 0 Å². The quantitative estimate of drug-likeness (QED) is 0.582. The Hall–Kier alpha value is -3.00. The average Bonchev–Trinajstić information content (AvgIpc) is 3.02. The van der Waals surface area contributed by atoms with Crippen LogP contribution in [0.2, 0.25) is 0 Å². The lowest BCUT2D eigenvalue weighted by Gasteiger charge is -2.28. The molecule has 1 atom stereocenters. The van der Waals surface area contributed by atoms with Crippen LogP contribution < -0.4 is 5.32 Å². The second kappa shape index (κ2) is 9.87. The lowest BCUT2D eigenvalue weighted by atomic mass is 10.1. The van der Waals surface area contributed by atoms with Crippen molar-refractivity contribution in [3.05, 3.63) is 69.7 Å². The van der Waals surface area contributed by atoms with Gasteiger partial charge in [-0.15, -0.1) is 0 Å². The minimum atomic E-state index is -0.652. The summed E-state index contributed by atoms with van der Waals surface area (Å²) in [5.41, 5.74) is 1.68. The van der Waals surface area contributed by atoms with Crippen molar-refractivity contribution in [1.29, 1.82) is 0 Å². The van der Waals surface area contributed by atoms with Crippen molar-refractivity contribution in [2.75, 3.05) is 13.6 Å². The SMILES string of the molecule is CNC(=O)[C@H](C)N(Cc1ccc(Br)cc1)C(=O)CCCN1C(=O)c2ccccc2C1=O. The largest absolute Gasteiger partial charge is 0.357 e. The summed E-state index contributed by atoms with van der Waals surface area (Å²) in [6, 6.07) is 13.6. The fourth-order valence-corrected chi connectivity index (χ4v) is 3.82. The number of likely N-dealkylation sites (N-methyl/N-ethyl adjacent to an activating group) is 1. The maximum Gasteiger partial charge on any atom is 0.261 e. The molecule has 0 unspecified atom stereocenters. The van der Waals surface area contributed by atoms with Gasteiger partial charge in [0.25, 0.3) is 11.8 Å². The molecule has 0 saturated heterocycles. The molecule has 0 spiro atoms. The van der Waals surface area contributed by atoms with Crippen LogP contribution in [-0.4, -0.2) is 53.1 Å². The monoisotopic (exact) mass is 485 g/mol. The maximum absolute atomic E-state index is 13.0. The second-order valence-corrected chi connectivity index (χ2v) is 8.27. The van der Waals surface area contributed by atoms with Crippen LogP contribution >= 0.6 is 15.9 Å². The van der Waals surface area contributed by atoms with E-state index in [4.69, 9.17) is 0 Å². The summed E-state index contributed by atoms with van der Waals surface area (Å²) in [4.78, 5) is 52.8. The molecule has 0 fully saturated rings. The molecule has 0 bridgehead atoms. The predicted octanol–water partition coefficient (Wildman–Crippen LogP) is 2.99. The Labute approximate surface area is 189 Å². The predicted molar refractivity (Wildman–Crippen MR) is 119 cm³/mol. The van der Waals surface area contributed by atoms with Gasteiger partial charge in [-0.2, -0.15) is 0 Å². The van der Waals surface area contributed by atoms with Crippen molar-refractivity contribution in [2.45, 2.75) is 32.4 Å². The van der Waals surface area contributed by atoms with Crippen LogP contribution in [-0.2, 0) is 16.1 Å². The van der Waals surface area contributed by atoms with Gasteiger partial charge in [-0.3, -0.25) is 24.1 Å². The molecule has 0 saturated carbocycles. The highest BCUT2D eigenvalue weighted by Gasteiger charge is 2.35. The van der Waals surface area contributed by atoms with Crippen molar-refractivity contribution in [3.63, 3.8) is 0 Å². The molecular weight excluding hydrogens is 462 g/mol. The first-order valence-corrected chi connectivity index (χ1v) is 10.8. The molecule has 2 aromatic carbocycles. The van der Waals surface area contributed by atoms with Crippen molar-refractivity contribution < 1.29 is 19.2 Å². The number of nitrogens with one attached hydrogen (secondary N) is 1. The Balaban J connectivity index is 1.65. The summed E-state index contributed by atoms with van der Waals surface area (Å²) in [5, 5.41) is 2.58. The van der Waals surface area contributed by atoms with Gasteiger partial charge in [0.05, 0.1) is 11.1 Å². The lowest BCUT2D eigenvalue weighted by molar-refractivity contribution is -0.140. The Morgan fingerprint density at radius 1 is 1.03 bits per heavy atom. The number of carbonyl (C=O) groups is 4. The molecular formula is C23H24BrN3O4. The van der Waals surface area contributed by atoms with Crippen LogP contribution in [0, 0.1) is 0 Å². The first-order valence-electron chi connectivity index (χ1n) is 10.0. The third kappa shape index (κ3) is 5.02. The number of benzene rings is 2. The fourth-order valence-electron chi connectivity index (χ4n) is 3.55. The smallest absolute Gasteiger partial charge is 0.261 e. The van der Waals surface area contributed by atoms with E-state index in [0.29, 0.717) is 17.5 Å². The van der Waals surface area contributed by atoms with Crippen molar-refractivity contribution in [3.8, 4) is 0 Å². The summed E-state index contributed by atoms with van der Waals surface area (Å²) in [5.74, 6) is -1.14. The van der Waals surface area contributed by atoms with E-state index in [1.54, 1.807) is 31.2 Å². The highest BCUT2D eigenvalue weighted by atomic mass is 79.9. The van der Waals surface area contributed by atoms with E-state index in [-0.39, 0.29) is 43.1 Å². The van der Waals surface area contributed by atoms with Gasteiger partial charge in [0.15, 0.2) is 0 Å². The molecule has 0 aromatic heterocycles. The molecule has 1 aliphatic heterocycles. The third-order valence-corrected chi connectivity index (χ3v) is 5.86. The Morgan fingerprint density at radius 3 is 2.16 bits per heavy atom. The topological polar surface area (TPSA) is 86.8 Å². The van der Waals surface area contributed by atoms with E-state index in [1.807, 2.05) is 24.3 Å². The van der Waals surface area contributed by atoms with Crippen molar-refractivity contribution in [1.82, 2.24) is 15.1 Å². The number of hydrogen-bond donors (Lipinski definition) is 1. The summed E-state index contributed by atoms with van der Waals surface area (Å²) in [6.07, 6.45) is 0.437. The van der Waals surface area contributed by atoms with Gasteiger partial charge >= 0.3 is 0 Å². The number of hydrogen-bond acceptors (Lipinski definition) is 4. The van der Waals surface area contributed by atoms with Gasteiger partial charge < -0.3 is 10.2 Å². The average molecular weight is 486 g/mol. The number of fused-ring (bicyclic) bond motifs is 1. The lowest BCUT2D eigenvalue weighted by Crippen LogP contribution is -2.46. The summed E-state index contributed by atoms with van der Waals surface area (Å²) >= 11 is 3.39. The molecule has 162 valence electrons. The molecule has 0 aliphatic carbocycles. The van der Waals surface area contributed by atoms with Crippen molar-refractivity contribution in [2.24, 2.45) is 0 Å². The summed E-state index contributed by atoms with van der Waals surface area (Å²) in [7, 11) is 1.53. The van der Waals surface area contributed by atoms with Gasteiger partial charge in [-0.25, -0.2) is 0 Å². The van der Waals surface area contributed by atoms with Gasteiger partial charge in [0, 0.05) is 31.0 Å². The zero-order valence-corrected chi connectivity index (χ0v) is 19.0. The Kier molecular flexibility index (Phi) is 7.22. The Bertz CT molecular complexity index is 971. The number of amides is 4. The maximum atomic E-state index is 13.0. The van der Waals surface area contributed by atoms with E-state index in [0.717, 1.165) is 10.0 Å². The normalized spacial score (nSPS) is 13.7. The van der Waals surface area contributed by atoms with Crippen LogP contribution in [0.3, 0.4) is 0 Å². The van der Waals surface area contributed by atoms with Gasteiger partial charge in [0.2, 0.25) is 11.8 Å². The molecule has 0 radical (unpaired) electrons. The van der Waals surface area contributed by atoms with E-state index >= 15 is 0 Å². The van der Waals surface area contributed by atoms with Crippen LogP contribution in [0.1, 0.15) is 46.0 Å². The van der Waals surface area contributed by atoms with Crippen LogP contribution in [0.25, 0.3) is 0 Å².